The van der Waals surface area contributed by atoms with E-state index in [1.54, 1.807) is 6.20 Å². The van der Waals surface area contributed by atoms with Gasteiger partial charge in [0.1, 0.15) is 4.47 Å². The average Bonchev–Trinajstić information content (AvgIpc) is 2.35. The fourth-order valence-corrected chi connectivity index (χ4v) is 3.47. The monoisotopic (exact) mass is 317 g/mol. The number of aromatic nitrogens is 2. The van der Waals surface area contributed by atoms with Crippen LogP contribution in [0.5, 0.6) is 0 Å². The van der Waals surface area contributed by atoms with E-state index in [-0.39, 0.29) is 5.56 Å². The van der Waals surface area contributed by atoms with Crippen LogP contribution in [0.4, 0.5) is 5.69 Å². The van der Waals surface area contributed by atoms with E-state index in [4.69, 9.17) is 0 Å². The number of anilines is 1. The summed E-state index contributed by atoms with van der Waals surface area (Å²) in [6, 6.07) is 0.429. The highest BCUT2D eigenvalue weighted by Gasteiger charge is 2.24. The molecule has 0 amide bonds. The Balaban J connectivity index is 2.13. The number of nitrogens with one attached hydrogen (secondary N) is 2. The van der Waals surface area contributed by atoms with Crippen LogP contribution < -0.4 is 10.9 Å². The Labute approximate surface area is 113 Å². The van der Waals surface area contributed by atoms with Gasteiger partial charge < -0.3 is 5.32 Å². The van der Waals surface area contributed by atoms with Crippen molar-refractivity contribution < 1.29 is 0 Å². The van der Waals surface area contributed by atoms with Crippen molar-refractivity contribution >= 4 is 33.4 Å². The molecule has 4 nitrogen and oxygen atoms in total. The number of hydrogen-bond acceptors (Lipinski definition) is 4. The van der Waals surface area contributed by atoms with Crippen LogP contribution in [0.1, 0.15) is 25.7 Å². The summed E-state index contributed by atoms with van der Waals surface area (Å²) in [7, 11) is 0. The van der Waals surface area contributed by atoms with Crippen molar-refractivity contribution in [1.82, 2.24) is 10.2 Å². The Morgan fingerprint density at radius 3 is 3.06 bits per heavy atom. The standard InChI is InChI=1S/C11H16BrN3OS/c1-17-9-5-3-2-4-7(9)14-8-6-13-15-11(16)10(8)12/h6-7,9H,2-5H2,1H3,(H2,14,15,16). The molecule has 17 heavy (non-hydrogen) atoms. The van der Waals surface area contributed by atoms with Crippen molar-refractivity contribution in [3.8, 4) is 0 Å². The molecule has 0 aliphatic heterocycles. The Kier molecular flexibility index (Phi) is 4.50. The molecule has 0 radical (unpaired) electrons. The number of nitrogens with zero attached hydrogens (tertiary/aromatic N) is 1. The molecule has 6 heteroatoms. The third-order valence-corrected chi connectivity index (χ3v) is 5.10. The normalized spacial score (nSPS) is 24.6. The zero-order valence-electron chi connectivity index (χ0n) is 9.70. The summed E-state index contributed by atoms with van der Waals surface area (Å²) in [5.74, 6) is 0. The first-order valence-corrected chi connectivity index (χ1v) is 7.83. The second-order valence-electron chi connectivity index (χ2n) is 4.24. The zero-order chi connectivity index (χ0) is 12.3. The highest BCUT2D eigenvalue weighted by atomic mass is 79.9. The van der Waals surface area contributed by atoms with Crippen LogP contribution in [-0.4, -0.2) is 27.7 Å². The first kappa shape index (κ1) is 13.0. The van der Waals surface area contributed by atoms with Gasteiger partial charge in [0, 0.05) is 11.3 Å². The summed E-state index contributed by atoms with van der Waals surface area (Å²) in [5.41, 5.74) is 0.603. The molecule has 0 saturated heterocycles. The number of rotatable bonds is 3. The van der Waals surface area contributed by atoms with E-state index in [1.807, 2.05) is 11.8 Å². The van der Waals surface area contributed by atoms with Gasteiger partial charge in [0.05, 0.1) is 11.9 Å². The van der Waals surface area contributed by atoms with Gasteiger partial charge >= 0.3 is 0 Å². The van der Waals surface area contributed by atoms with Crippen molar-refractivity contribution in [3.63, 3.8) is 0 Å². The molecule has 0 bridgehead atoms. The van der Waals surface area contributed by atoms with Crippen LogP contribution in [0.2, 0.25) is 0 Å². The van der Waals surface area contributed by atoms with E-state index in [9.17, 15) is 4.79 Å². The second kappa shape index (κ2) is 5.91. The smallest absolute Gasteiger partial charge is 0.280 e. The van der Waals surface area contributed by atoms with Gasteiger partial charge in [0.2, 0.25) is 0 Å². The highest BCUT2D eigenvalue weighted by Crippen LogP contribution is 2.30. The number of aromatic amines is 1. The third kappa shape index (κ3) is 3.04. The summed E-state index contributed by atoms with van der Waals surface area (Å²) in [6.45, 7) is 0. The van der Waals surface area contributed by atoms with E-state index < -0.39 is 0 Å². The topological polar surface area (TPSA) is 57.8 Å². The van der Waals surface area contributed by atoms with Crippen molar-refractivity contribution in [2.75, 3.05) is 11.6 Å². The summed E-state index contributed by atoms with van der Waals surface area (Å²) in [5, 5.41) is 10.3. The van der Waals surface area contributed by atoms with E-state index in [2.05, 4.69) is 37.7 Å². The van der Waals surface area contributed by atoms with Gasteiger partial charge in [0.25, 0.3) is 5.56 Å². The van der Waals surface area contributed by atoms with Crippen LogP contribution in [0.15, 0.2) is 15.5 Å². The lowest BCUT2D eigenvalue weighted by Crippen LogP contribution is -2.34. The maximum atomic E-state index is 11.4. The predicted molar refractivity (Wildman–Crippen MR) is 75.7 cm³/mol. The number of thioether (sulfide) groups is 1. The van der Waals surface area contributed by atoms with E-state index in [0.29, 0.717) is 15.8 Å². The molecule has 0 spiro atoms. The van der Waals surface area contributed by atoms with Crippen LogP contribution >= 0.6 is 27.7 Å². The molecule has 1 fully saturated rings. The maximum absolute atomic E-state index is 11.4. The highest BCUT2D eigenvalue weighted by molar-refractivity contribution is 9.10. The minimum Gasteiger partial charge on any atom is -0.379 e. The number of H-pyrrole nitrogens is 1. The minimum atomic E-state index is -0.188. The molecule has 94 valence electrons. The molecule has 1 heterocycles. The van der Waals surface area contributed by atoms with Crippen LogP contribution in [-0.2, 0) is 0 Å². The SMILES string of the molecule is CSC1CCCCC1Nc1cn[nH]c(=O)c1Br. The summed E-state index contributed by atoms with van der Waals surface area (Å²) in [6.07, 6.45) is 8.77. The summed E-state index contributed by atoms with van der Waals surface area (Å²) >= 11 is 5.19. The summed E-state index contributed by atoms with van der Waals surface area (Å²) < 4.78 is 0.540. The third-order valence-electron chi connectivity index (χ3n) is 3.14. The van der Waals surface area contributed by atoms with Gasteiger partial charge in [-0.3, -0.25) is 4.79 Å². The lowest BCUT2D eigenvalue weighted by Gasteiger charge is -2.31. The quantitative estimate of drug-likeness (QED) is 0.899. The molecular formula is C11H16BrN3OS. The first-order chi connectivity index (χ1) is 8.22. The van der Waals surface area contributed by atoms with Crippen molar-refractivity contribution in [2.45, 2.75) is 37.0 Å². The van der Waals surface area contributed by atoms with Crippen molar-refractivity contribution in [1.29, 1.82) is 0 Å². The lowest BCUT2D eigenvalue weighted by molar-refractivity contribution is 0.475. The van der Waals surface area contributed by atoms with Crippen molar-refractivity contribution in [3.05, 3.63) is 21.0 Å². The molecule has 1 aliphatic rings. The summed E-state index contributed by atoms with van der Waals surface area (Å²) in [4.78, 5) is 11.4. The Hall–Kier alpha value is -0.490. The maximum Gasteiger partial charge on any atom is 0.280 e. The Morgan fingerprint density at radius 2 is 2.29 bits per heavy atom. The van der Waals surface area contributed by atoms with Gasteiger partial charge in [-0.2, -0.15) is 16.9 Å². The van der Waals surface area contributed by atoms with Crippen LogP contribution in [0.25, 0.3) is 0 Å². The average molecular weight is 318 g/mol. The second-order valence-corrected chi connectivity index (χ2v) is 6.11. The van der Waals surface area contributed by atoms with Gasteiger partial charge in [-0.1, -0.05) is 12.8 Å². The fourth-order valence-electron chi connectivity index (χ4n) is 2.23. The minimum absolute atomic E-state index is 0.188. The van der Waals surface area contributed by atoms with Crippen LogP contribution in [0, 0.1) is 0 Å². The lowest BCUT2D eigenvalue weighted by atomic mass is 9.95. The van der Waals surface area contributed by atoms with Gasteiger partial charge in [-0.25, -0.2) is 5.10 Å². The molecule has 1 saturated carbocycles. The molecule has 1 aromatic rings. The van der Waals surface area contributed by atoms with Gasteiger partial charge in [0.15, 0.2) is 0 Å². The largest absolute Gasteiger partial charge is 0.379 e. The molecule has 0 aromatic carbocycles. The molecule has 2 unspecified atom stereocenters. The Morgan fingerprint density at radius 1 is 1.53 bits per heavy atom. The first-order valence-electron chi connectivity index (χ1n) is 5.75. The molecule has 2 rings (SSSR count). The van der Waals surface area contributed by atoms with E-state index in [1.165, 1.54) is 19.3 Å². The predicted octanol–water partition coefficient (Wildman–Crippen LogP) is 2.62. The van der Waals surface area contributed by atoms with Crippen molar-refractivity contribution in [2.24, 2.45) is 0 Å². The number of hydrogen-bond donors (Lipinski definition) is 2. The Bertz CT molecular complexity index is 437. The zero-order valence-corrected chi connectivity index (χ0v) is 12.1. The molecular weight excluding hydrogens is 302 g/mol. The van der Waals surface area contributed by atoms with E-state index in [0.717, 1.165) is 12.1 Å². The fraction of sp³-hybridized carbons (Fsp3) is 0.636. The molecule has 1 aromatic heterocycles. The van der Waals surface area contributed by atoms with E-state index >= 15 is 0 Å². The molecule has 2 N–H and O–H groups in total. The molecule has 2 atom stereocenters. The van der Waals surface area contributed by atoms with Gasteiger partial charge in [-0.05, 0) is 35.0 Å². The number of halogens is 1. The molecule has 1 aliphatic carbocycles. The van der Waals surface area contributed by atoms with Crippen LogP contribution in [0.3, 0.4) is 0 Å². The van der Waals surface area contributed by atoms with Gasteiger partial charge in [-0.15, -0.1) is 0 Å².